The number of likely N-dealkylation sites (N-methyl/N-ethyl adjacent to an activating group) is 1. The Labute approximate surface area is 114 Å². The molecule has 0 heterocycles. The van der Waals surface area contributed by atoms with E-state index in [-0.39, 0.29) is 5.60 Å². The number of ether oxygens (including phenoxy) is 1. The van der Waals surface area contributed by atoms with Crippen molar-refractivity contribution in [2.45, 2.75) is 77.2 Å². The average molecular weight is 255 g/mol. The van der Waals surface area contributed by atoms with Gasteiger partial charge in [-0.2, -0.15) is 0 Å². The molecule has 0 radical (unpaired) electrons. The maximum atomic E-state index is 6.28. The van der Waals surface area contributed by atoms with Gasteiger partial charge in [-0.25, -0.2) is 0 Å². The second-order valence-electron chi connectivity index (χ2n) is 6.16. The molecule has 1 aliphatic carbocycles. The fraction of sp³-hybridized carbons (Fsp3) is 1.00. The van der Waals surface area contributed by atoms with Crippen LogP contribution in [0.1, 0.15) is 71.6 Å². The van der Waals surface area contributed by atoms with Gasteiger partial charge in [-0.3, -0.25) is 0 Å². The minimum absolute atomic E-state index is 0.145. The normalized spacial score (nSPS) is 28.5. The lowest BCUT2D eigenvalue weighted by molar-refractivity contribution is -0.0753. The quantitative estimate of drug-likeness (QED) is 0.625. The molecule has 0 unspecified atom stereocenters. The molecule has 2 heteroatoms. The molecule has 0 aromatic heterocycles. The monoisotopic (exact) mass is 255 g/mol. The first-order chi connectivity index (χ1) is 8.72. The highest BCUT2D eigenvalue weighted by Crippen LogP contribution is 2.34. The standard InChI is InChI=1S/C16H33NO/c1-4-5-6-7-8-13-18-16(14-17-3)11-9-15(2)10-12-16/h15,17H,4-14H2,1-3H3. The topological polar surface area (TPSA) is 21.3 Å². The molecule has 0 aromatic carbocycles. The van der Waals surface area contributed by atoms with Crippen LogP contribution in [0.25, 0.3) is 0 Å². The molecule has 0 aromatic rings. The van der Waals surface area contributed by atoms with E-state index in [1.165, 1.54) is 57.8 Å². The van der Waals surface area contributed by atoms with E-state index >= 15 is 0 Å². The Balaban J connectivity index is 2.21. The van der Waals surface area contributed by atoms with Crippen molar-refractivity contribution < 1.29 is 4.74 Å². The Morgan fingerprint density at radius 1 is 1.11 bits per heavy atom. The third kappa shape index (κ3) is 5.71. The van der Waals surface area contributed by atoms with Gasteiger partial charge in [0, 0.05) is 13.2 Å². The Kier molecular flexibility index (Phi) is 7.92. The molecule has 1 rings (SSSR count). The number of unbranched alkanes of at least 4 members (excludes halogenated alkanes) is 4. The number of nitrogens with one attached hydrogen (secondary N) is 1. The minimum atomic E-state index is 0.145. The zero-order valence-electron chi connectivity index (χ0n) is 12.8. The lowest BCUT2D eigenvalue weighted by Crippen LogP contribution is -2.45. The molecule has 0 bridgehead atoms. The first-order valence-electron chi connectivity index (χ1n) is 8.01. The molecule has 1 saturated carbocycles. The van der Waals surface area contributed by atoms with Crippen molar-refractivity contribution in [3.63, 3.8) is 0 Å². The third-order valence-corrected chi connectivity index (χ3v) is 4.34. The predicted octanol–water partition coefficient (Wildman–Crippen LogP) is 4.14. The summed E-state index contributed by atoms with van der Waals surface area (Å²) in [5.74, 6) is 0.892. The Hall–Kier alpha value is -0.0800. The van der Waals surface area contributed by atoms with E-state index in [1.54, 1.807) is 0 Å². The molecule has 0 aliphatic heterocycles. The third-order valence-electron chi connectivity index (χ3n) is 4.34. The number of rotatable bonds is 9. The van der Waals surface area contributed by atoms with E-state index in [9.17, 15) is 0 Å². The fourth-order valence-electron chi connectivity index (χ4n) is 2.98. The lowest BCUT2D eigenvalue weighted by Gasteiger charge is -2.39. The molecule has 1 N–H and O–H groups in total. The van der Waals surface area contributed by atoms with Crippen LogP contribution in [0.5, 0.6) is 0 Å². The lowest BCUT2D eigenvalue weighted by atomic mass is 9.79. The van der Waals surface area contributed by atoms with Crippen LogP contribution in [0.4, 0.5) is 0 Å². The summed E-state index contributed by atoms with van der Waals surface area (Å²) in [6, 6.07) is 0. The van der Waals surface area contributed by atoms with Crippen molar-refractivity contribution in [1.82, 2.24) is 5.32 Å². The SMILES string of the molecule is CCCCCCCOC1(CNC)CCC(C)CC1. The van der Waals surface area contributed by atoms with Crippen LogP contribution in [-0.2, 0) is 4.74 Å². The van der Waals surface area contributed by atoms with E-state index in [0.717, 1.165) is 19.1 Å². The van der Waals surface area contributed by atoms with Crippen LogP contribution >= 0.6 is 0 Å². The molecule has 0 spiro atoms. The summed E-state index contributed by atoms with van der Waals surface area (Å²) >= 11 is 0. The maximum Gasteiger partial charge on any atom is 0.0806 e. The van der Waals surface area contributed by atoms with Crippen LogP contribution in [0.15, 0.2) is 0 Å². The number of hydrogen-bond acceptors (Lipinski definition) is 2. The molecular weight excluding hydrogens is 222 g/mol. The second-order valence-corrected chi connectivity index (χ2v) is 6.16. The van der Waals surface area contributed by atoms with Crippen LogP contribution in [0.3, 0.4) is 0 Å². The second kappa shape index (κ2) is 8.92. The van der Waals surface area contributed by atoms with E-state index in [2.05, 4.69) is 19.2 Å². The minimum Gasteiger partial charge on any atom is -0.374 e. The highest BCUT2D eigenvalue weighted by Gasteiger charge is 2.34. The van der Waals surface area contributed by atoms with Gasteiger partial charge in [0.1, 0.15) is 0 Å². The van der Waals surface area contributed by atoms with Gasteiger partial charge in [-0.15, -0.1) is 0 Å². The summed E-state index contributed by atoms with van der Waals surface area (Å²) in [5.41, 5.74) is 0.145. The Morgan fingerprint density at radius 3 is 2.39 bits per heavy atom. The first-order valence-corrected chi connectivity index (χ1v) is 8.01. The molecule has 108 valence electrons. The van der Waals surface area contributed by atoms with E-state index in [0.29, 0.717) is 0 Å². The Bertz CT molecular complexity index is 197. The van der Waals surface area contributed by atoms with Gasteiger partial charge >= 0.3 is 0 Å². The molecule has 0 saturated heterocycles. The van der Waals surface area contributed by atoms with Gasteiger partial charge in [-0.05, 0) is 45.1 Å². The fourth-order valence-corrected chi connectivity index (χ4v) is 2.98. The summed E-state index contributed by atoms with van der Waals surface area (Å²) in [7, 11) is 2.05. The number of hydrogen-bond donors (Lipinski definition) is 1. The van der Waals surface area contributed by atoms with Gasteiger partial charge < -0.3 is 10.1 Å². The summed E-state index contributed by atoms with van der Waals surface area (Å²) in [4.78, 5) is 0. The molecule has 1 aliphatic rings. The van der Waals surface area contributed by atoms with E-state index in [1.807, 2.05) is 7.05 Å². The first kappa shape index (κ1) is 16.0. The van der Waals surface area contributed by atoms with Gasteiger partial charge in [0.15, 0.2) is 0 Å². The zero-order valence-corrected chi connectivity index (χ0v) is 12.8. The van der Waals surface area contributed by atoms with Crippen molar-refractivity contribution in [2.24, 2.45) is 5.92 Å². The molecule has 0 amide bonds. The summed E-state index contributed by atoms with van der Waals surface area (Å²) in [6.07, 6.45) is 11.8. The van der Waals surface area contributed by atoms with Crippen molar-refractivity contribution in [2.75, 3.05) is 20.2 Å². The molecule has 1 fully saturated rings. The highest BCUT2D eigenvalue weighted by molar-refractivity contribution is 4.88. The summed E-state index contributed by atoms with van der Waals surface area (Å²) < 4.78 is 6.28. The molecule has 2 nitrogen and oxygen atoms in total. The summed E-state index contributed by atoms with van der Waals surface area (Å²) in [5, 5.41) is 3.33. The van der Waals surface area contributed by atoms with Gasteiger partial charge in [0.05, 0.1) is 5.60 Å². The Morgan fingerprint density at radius 2 is 1.78 bits per heavy atom. The molecule has 18 heavy (non-hydrogen) atoms. The molecule has 0 atom stereocenters. The van der Waals surface area contributed by atoms with Crippen LogP contribution in [0, 0.1) is 5.92 Å². The van der Waals surface area contributed by atoms with Crippen molar-refractivity contribution in [3.05, 3.63) is 0 Å². The molecular formula is C16H33NO. The van der Waals surface area contributed by atoms with Crippen LogP contribution in [-0.4, -0.2) is 25.8 Å². The van der Waals surface area contributed by atoms with Crippen LogP contribution in [0.2, 0.25) is 0 Å². The van der Waals surface area contributed by atoms with Gasteiger partial charge in [0.2, 0.25) is 0 Å². The maximum absolute atomic E-state index is 6.28. The zero-order chi connectivity index (χ0) is 13.3. The smallest absolute Gasteiger partial charge is 0.0806 e. The van der Waals surface area contributed by atoms with Gasteiger partial charge in [0.25, 0.3) is 0 Å². The largest absolute Gasteiger partial charge is 0.374 e. The van der Waals surface area contributed by atoms with Crippen LogP contribution < -0.4 is 5.32 Å². The summed E-state index contributed by atoms with van der Waals surface area (Å²) in [6.45, 7) is 6.62. The van der Waals surface area contributed by atoms with Gasteiger partial charge in [-0.1, -0.05) is 39.5 Å². The van der Waals surface area contributed by atoms with E-state index < -0.39 is 0 Å². The van der Waals surface area contributed by atoms with Crippen molar-refractivity contribution in [3.8, 4) is 0 Å². The highest BCUT2D eigenvalue weighted by atomic mass is 16.5. The predicted molar refractivity (Wildman–Crippen MR) is 79.0 cm³/mol. The van der Waals surface area contributed by atoms with Crippen molar-refractivity contribution in [1.29, 1.82) is 0 Å². The average Bonchev–Trinajstić information content (AvgIpc) is 2.38. The van der Waals surface area contributed by atoms with E-state index in [4.69, 9.17) is 4.74 Å². The van der Waals surface area contributed by atoms with Crippen molar-refractivity contribution >= 4 is 0 Å².